The topological polar surface area (TPSA) is 60.5 Å². The summed E-state index contributed by atoms with van der Waals surface area (Å²) in [7, 11) is 1.55. The molecular weight excluding hydrogens is 184 g/mol. The fraction of sp³-hybridized carbons (Fsp3) is 0.333. The van der Waals surface area contributed by atoms with Crippen LogP contribution in [0.15, 0.2) is 18.3 Å². The van der Waals surface area contributed by atoms with Crippen molar-refractivity contribution in [2.45, 2.75) is 6.04 Å². The van der Waals surface area contributed by atoms with E-state index in [1.807, 2.05) is 6.07 Å². The number of nitrogens with zero attached hydrogens (tertiary/aromatic N) is 1. The highest BCUT2D eigenvalue weighted by atomic mass is 16.6. The Morgan fingerprint density at radius 2 is 2.57 bits per heavy atom. The van der Waals surface area contributed by atoms with E-state index >= 15 is 0 Å². The Kier molecular flexibility index (Phi) is 2.22. The van der Waals surface area contributed by atoms with Gasteiger partial charge in [-0.3, -0.25) is 0 Å². The minimum absolute atomic E-state index is 0.0978. The first-order valence-corrected chi connectivity index (χ1v) is 4.23. The summed E-state index contributed by atoms with van der Waals surface area (Å²) in [6.07, 6.45) is 1.25. The highest BCUT2D eigenvalue weighted by Crippen LogP contribution is 2.20. The van der Waals surface area contributed by atoms with Crippen LogP contribution in [0.5, 0.6) is 5.88 Å². The molecule has 5 heteroatoms. The lowest BCUT2D eigenvalue weighted by molar-refractivity contribution is 0.177. The van der Waals surface area contributed by atoms with Crippen molar-refractivity contribution >= 4 is 6.09 Å². The number of carbonyl (C=O) groups excluding carboxylic acids is 1. The first-order valence-electron chi connectivity index (χ1n) is 4.23. The van der Waals surface area contributed by atoms with Gasteiger partial charge in [0.15, 0.2) is 0 Å². The number of hydrogen-bond acceptors (Lipinski definition) is 4. The number of aromatic nitrogens is 1. The van der Waals surface area contributed by atoms with Gasteiger partial charge >= 0.3 is 6.09 Å². The predicted octanol–water partition coefficient (Wildman–Crippen LogP) is 0.871. The molecule has 1 N–H and O–H groups in total. The van der Waals surface area contributed by atoms with E-state index in [0.717, 1.165) is 5.56 Å². The second-order valence-corrected chi connectivity index (χ2v) is 2.93. The quantitative estimate of drug-likeness (QED) is 0.758. The molecule has 1 aromatic heterocycles. The SMILES string of the molecule is COc1cc(C2COC(=O)N2)ccn1. The average Bonchev–Trinajstić information content (AvgIpc) is 2.65. The molecule has 1 atom stereocenters. The fourth-order valence-electron chi connectivity index (χ4n) is 1.32. The van der Waals surface area contributed by atoms with E-state index in [4.69, 9.17) is 9.47 Å². The molecule has 14 heavy (non-hydrogen) atoms. The molecule has 1 amide bonds. The Labute approximate surface area is 81.0 Å². The van der Waals surface area contributed by atoms with E-state index in [2.05, 4.69) is 10.3 Å². The van der Waals surface area contributed by atoms with Gasteiger partial charge in [-0.1, -0.05) is 0 Å². The van der Waals surface area contributed by atoms with Gasteiger partial charge in [-0.25, -0.2) is 9.78 Å². The number of ether oxygens (including phenoxy) is 2. The first kappa shape index (κ1) is 8.80. The standard InChI is InChI=1S/C9H10N2O3/c1-13-8-4-6(2-3-10-8)7-5-14-9(12)11-7/h2-4,7H,5H2,1H3,(H,11,12). The molecule has 2 rings (SSSR count). The summed E-state index contributed by atoms with van der Waals surface area (Å²) in [5.41, 5.74) is 0.933. The van der Waals surface area contributed by atoms with Crippen LogP contribution in [0, 0.1) is 0 Å². The number of carbonyl (C=O) groups is 1. The van der Waals surface area contributed by atoms with Crippen LogP contribution in [0.1, 0.15) is 11.6 Å². The van der Waals surface area contributed by atoms with Gasteiger partial charge in [-0.2, -0.15) is 0 Å². The van der Waals surface area contributed by atoms with Crippen molar-refractivity contribution in [3.63, 3.8) is 0 Å². The van der Waals surface area contributed by atoms with Crippen LogP contribution in [0.3, 0.4) is 0 Å². The molecule has 1 aromatic rings. The van der Waals surface area contributed by atoms with E-state index in [-0.39, 0.29) is 12.1 Å². The Hall–Kier alpha value is -1.78. The van der Waals surface area contributed by atoms with Crippen LogP contribution < -0.4 is 10.1 Å². The van der Waals surface area contributed by atoms with Crippen molar-refractivity contribution in [1.29, 1.82) is 0 Å². The van der Waals surface area contributed by atoms with Gasteiger partial charge in [-0.15, -0.1) is 0 Å². The Morgan fingerprint density at radius 3 is 3.21 bits per heavy atom. The van der Waals surface area contributed by atoms with Crippen molar-refractivity contribution in [2.75, 3.05) is 13.7 Å². The second-order valence-electron chi connectivity index (χ2n) is 2.93. The van der Waals surface area contributed by atoms with Crippen molar-refractivity contribution in [3.8, 4) is 5.88 Å². The molecule has 2 heterocycles. The zero-order valence-corrected chi connectivity index (χ0v) is 7.69. The van der Waals surface area contributed by atoms with E-state index in [9.17, 15) is 4.79 Å². The monoisotopic (exact) mass is 194 g/mol. The maximum Gasteiger partial charge on any atom is 0.407 e. The zero-order valence-electron chi connectivity index (χ0n) is 7.69. The van der Waals surface area contributed by atoms with Gasteiger partial charge in [0.25, 0.3) is 0 Å². The van der Waals surface area contributed by atoms with Crippen LogP contribution in [0.25, 0.3) is 0 Å². The third-order valence-corrected chi connectivity index (χ3v) is 2.04. The third kappa shape index (κ3) is 1.61. The zero-order chi connectivity index (χ0) is 9.97. The molecule has 1 aliphatic heterocycles. The summed E-state index contributed by atoms with van der Waals surface area (Å²) < 4.78 is 9.76. The molecule has 0 radical (unpaired) electrons. The lowest BCUT2D eigenvalue weighted by Crippen LogP contribution is -2.18. The lowest BCUT2D eigenvalue weighted by atomic mass is 10.1. The number of alkyl carbamates (subject to hydrolysis) is 1. The second kappa shape index (κ2) is 3.53. The summed E-state index contributed by atoms with van der Waals surface area (Å²) in [5, 5.41) is 2.68. The maximum absolute atomic E-state index is 10.8. The van der Waals surface area contributed by atoms with Crippen molar-refractivity contribution in [3.05, 3.63) is 23.9 Å². The molecule has 0 spiro atoms. The smallest absolute Gasteiger partial charge is 0.407 e. The number of rotatable bonds is 2. The van der Waals surface area contributed by atoms with E-state index in [1.165, 1.54) is 0 Å². The van der Waals surface area contributed by atoms with E-state index in [0.29, 0.717) is 12.5 Å². The summed E-state index contributed by atoms with van der Waals surface area (Å²) >= 11 is 0. The summed E-state index contributed by atoms with van der Waals surface area (Å²) in [6.45, 7) is 0.353. The Bertz CT molecular complexity index is 354. The number of amides is 1. The van der Waals surface area contributed by atoms with Crippen LogP contribution in [-0.4, -0.2) is 24.8 Å². The molecule has 0 aromatic carbocycles. The minimum Gasteiger partial charge on any atom is -0.481 e. The molecule has 1 fully saturated rings. The van der Waals surface area contributed by atoms with Crippen LogP contribution >= 0.6 is 0 Å². The van der Waals surface area contributed by atoms with Gasteiger partial charge in [0.2, 0.25) is 5.88 Å². The predicted molar refractivity (Wildman–Crippen MR) is 48.0 cm³/mol. The van der Waals surface area contributed by atoms with Gasteiger partial charge in [-0.05, 0) is 11.6 Å². The summed E-state index contributed by atoms with van der Waals surface area (Å²) in [5.74, 6) is 0.531. The summed E-state index contributed by atoms with van der Waals surface area (Å²) in [4.78, 5) is 14.8. The van der Waals surface area contributed by atoms with Gasteiger partial charge in [0.05, 0.1) is 13.2 Å². The maximum atomic E-state index is 10.8. The third-order valence-electron chi connectivity index (χ3n) is 2.04. The van der Waals surface area contributed by atoms with Gasteiger partial charge < -0.3 is 14.8 Å². The van der Waals surface area contributed by atoms with Gasteiger partial charge in [0, 0.05) is 12.3 Å². The normalized spacial score (nSPS) is 20.1. The molecule has 0 saturated carbocycles. The molecule has 5 nitrogen and oxygen atoms in total. The number of methoxy groups -OCH3 is 1. The van der Waals surface area contributed by atoms with E-state index < -0.39 is 0 Å². The van der Waals surface area contributed by atoms with E-state index in [1.54, 1.807) is 19.4 Å². The Morgan fingerprint density at radius 1 is 1.71 bits per heavy atom. The fourth-order valence-corrected chi connectivity index (χ4v) is 1.32. The molecule has 74 valence electrons. The highest BCUT2D eigenvalue weighted by molar-refractivity contribution is 5.70. The highest BCUT2D eigenvalue weighted by Gasteiger charge is 2.23. The lowest BCUT2D eigenvalue weighted by Gasteiger charge is -2.07. The molecule has 0 bridgehead atoms. The number of nitrogens with one attached hydrogen (secondary N) is 1. The molecule has 0 aliphatic carbocycles. The van der Waals surface area contributed by atoms with Crippen molar-refractivity contribution < 1.29 is 14.3 Å². The molecule has 1 saturated heterocycles. The minimum atomic E-state index is -0.384. The number of hydrogen-bond donors (Lipinski definition) is 1. The summed E-state index contributed by atoms with van der Waals surface area (Å²) in [6, 6.07) is 3.50. The van der Waals surface area contributed by atoms with Gasteiger partial charge in [0.1, 0.15) is 6.61 Å². The van der Waals surface area contributed by atoms with Crippen LogP contribution in [0.2, 0.25) is 0 Å². The van der Waals surface area contributed by atoms with Crippen molar-refractivity contribution in [1.82, 2.24) is 10.3 Å². The Balaban J connectivity index is 2.19. The molecule has 1 unspecified atom stereocenters. The van der Waals surface area contributed by atoms with Crippen LogP contribution in [-0.2, 0) is 4.74 Å². The largest absolute Gasteiger partial charge is 0.481 e. The number of cyclic esters (lactones) is 1. The van der Waals surface area contributed by atoms with Crippen molar-refractivity contribution in [2.24, 2.45) is 0 Å². The molecular formula is C9H10N2O3. The first-order chi connectivity index (χ1) is 6.79. The number of pyridine rings is 1. The average molecular weight is 194 g/mol. The van der Waals surface area contributed by atoms with Crippen LogP contribution in [0.4, 0.5) is 4.79 Å². The molecule has 1 aliphatic rings.